The number of hydrogen-bond donors (Lipinski definition) is 0. The maximum Gasteiger partial charge on any atom is 0.236 e. The average molecular weight is 384 g/mol. The molecule has 4 nitrogen and oxygen atoms in total. The highest BCUT2D eigenvalue weighted by molar-refractivity contribution is 9.10. The van der Waals surface area contributed by atoms with Crippen LogP contribution in [0.5, 0.6) is 11.5 Å². The van der Waals surface area contributed by atoms with E-state index in [1.54, 1.807) is 12.1 Å². The van der Waals surface area contributed by atoms with Crippen molar-refractivity contribution < 1.29 is 17.9 Å². The van der Waals surface area contributed by atoms with Gasteiger partial charge in [0.25, 0.3) is 0 Å². The SMILES string of the molecule is COc1cc(CS(=O)(=O)Cl)c(Br)cc1OC1CCCC1. The van der Waals surface area contributed by atoms with E-state index in [-0.39, 0.29) is 11.9 Å². The Morgan fingerprint density at radius 1 is 1.30 bits per heavy atom. The van der Waals surface area contributed by atoms with Gasteiger partial charge < -0.3 is 9.47 Å². The van der Waals surface area contributed by atoms with Crippen LogP contribution in [-0.2, 0) is 14.8 Å². The van der Waals surface area contributed by atoms with E-state index >= 15 is 0 Å². The van der Waals surface area contributed by atoms with Gasteiger partial charge in [0.1, 0.15) is 0 Å². The van der Waals surface area contributed by atoms with E-state index in [1.165, 1.54) is 20.0 Å². The molecule has 1 aliphatic rings. The van der Waals surface area contributed by atoms with Crippen LogP contribution in [-0.4, -0.2) is 21.6 Å². The molecule has 0 amide bonds. The summed E-state index contributed by atoms with van der Waals surface area (Å²) in [6.45, 7) is 0. The Balaban J connectivity index is 2.26. The van der Waals surface area contributed by atoms with Crippen LogP contribution in [0.4, 0.5) is 0 Å². The lowest BCUT2D eigenvalue weighted by Crippen LogP contribution is -2.12. The Kier molecular flexibility index (Phi) is 5.20. The molecule has 20 heavy (non-hydrogen) atoms. The van der Waals surface area contributed by atoms with Gasteiger partial charge in [-0.3, -0.25) is 0 Å². The summed E-state index contributed by atoms with van der Waals surface area (Å²) >= 11 is 3.35. The van der Waals surface area contributed by atoms with E-state index < -0.39 is 9.05 Å². The van der Waals surface area contributed by atoms with Crippen LogP contribution < -0.4 is 9.47 Å². The van der Waals surface area contributed by atoms with Gasteiger partial charge in [-0.05, 0) is 43.4 Å². The molecule has 0 aromatic heterocycles. The first-order chi connectivity index (χ1) is 9.39. The second kappa shape index (κ2) is 6.54. The summed E-state index contributed by atoms with van der Waals surface area (Å²) in [5, 5.41) is 0. The van der Waals surface area contributed by atoms with Gasteiger partial charge >= 0.3 is 0 Å². The first-order valence-corrected chi connectivity index (χ1v) is 9.61. The maximum absolute atomic E-state index is 11.2. The van der Waals surface area contributed by atoms with Gasteiger partial charge in [0.05, 0.1) is 19.0 Å². The monoisotopic (exact) mass is 382 g/mol. The molecule has 0 heterocycles. The predicted octanol–water partition coefficient (Wildman–Crippen LogP) is 3.85. The third kappa shape index (κ3) is 4.27. The normalized spacial score (nSPS) is 16.4. The fraction of sp³-hybridized carbons (Fsp3) is 0.538. The minimum Gasteiger partial charge on any atom is -0.493 e. The average Bonchev–Trinajstić information content (AvgIpc) is 2.84. The lowest BCUT2D eigenvalue weighted by atomic mass is 10.2. The summed E-state index contributed by atoms with van der Waals surface area (Å²) in [6.07, 6.45) is 4.64. The van der Waals surface area contributed by atoms with Crippen molar-refractivity contribution in [2.75, 3.05) is 7.11 Å². The molecule has 0 atom stereocenters. The molecule has 0 unspecified atom stereocenters. The smallest absolute Gasteiger partial charge is 0.236 e. The Bertz CT molecular complexity index is 582. The highest BCUT2D eigenvalue weighted by atomic mass is 79.9. The molecule has 1 saturated carbocycles. The first-order valence-electron chi connectivity index (χ1n) is 6.34. The molecule has 2 rings (SSSR count). The summed E-state index contributed by atoms with van der Waals surface area (Å²) in [6, 6.07) is 3.39. The highest BCUT2D eigenvalue weighted by Gasteiger charge is 2.20. The number of halogens is 2. The van der Waals surface area contributed by atoms with Crippen molar-refractivity contribution in [3.8, 4) is 11.5 Å². The molecule has 0 saturated heterocycles. The first kappa shape index (κ1) is 15.9. The lowest BCUT2D eigenvalue weighted by Gasteiger charge is -2.17. The summed E-state index contributed by atoms with van der Waals surface area (Å²) in [7, 11) is 3.21. The van der Waals surface area contributed by atoms with Crippen molar-refractivity contribution in [1.82, 2.24) is 0 Å². The Morgan fingerprint density at radius 2 is 1.95 bits per heavy atom. The topological polar surface area (TPSA) is 52.6 Å². The van der Waals surface area contributed by atoms with Gasteiger partial charge in [-0.1, -0.05) is 15.9 Å². The number of ether oxygens (including phenoxy) is 2. The van der Waals surface area contributed by atoms with Crippen molar-refractivity contribution in [2.24, 2.45) is 0 Å². The van der Waals surface area contributed by atoms with E-state index in [0.717, 1.165) is 12.8 Å². The van der Waals surface area contributed by atoms with Crippen LogP contribution in [0.25, 0.3) is 0 Å². The van der Waals surface area contributed by atoms with Gasteiger partial charge in [-0.25, -0.2) is 8.42 Å². The number of methoxy groups -OCH3 is 1. The Morgan fingerprint density at radius 3 is 2.50 bits per heavy atom. The third-order valence-electron chi connectivity index (χ3n) is 3.26. The molecule has 7 heteroatoms. The van der Waals surface area contributed by atoms with Crippen LogP contribution in [0.1, 0.15) is 31.2 Å². The summed E-state index contributed by atoms with van der Waals surface area (Å²) < 4.78 is 34.2. The predicted molar refractivity (Wildman–Crippen MR) is 82.1 cm³/mol. The fourth-order valence-corrected chi connectivity index (χ4v) is 3.92. The zero-order valence-electron chi connectivity index (χ0n) is 11.1. The van der Waals surface area contributed by atoms with Crippen LogP contribution in [0.2, 0.25) is 0 Å². The highest BCUT2D eigenvalue weighted by Crippen LogP contribution is 2.37. The van der Waals surface area contributed by atoms with E-state index in [4.69, 9.17) is 20.2 Å². The van der Waals surface area contributed by atoms with Crippen molar-refractivity contribution >= 4 is 35.7 Å². The van der Waals surface area contributed by atoms with Gasteiger partial charge in [-0.15, -0.1) is 0 Å². The molecule has 112 valence electrons. The van der Waals surface area contributed by atoms with Gasteiger partial charge in [-0.2, -0.15) is 0 Å². The minimum atomic E-state index is -3.61. The molecule has 1 aromatic rings. The Hall–Kier alpha value is -0.460. The molecule has 1 fully saturated rings. The zero-order chi connectivity index (χ0) is 14.8. The number of rotatable bonds is 5. The molecule has 0 bridgehead atoms. The largest absolute Gasteiger partial charge is 0.493 e. The molecule has 1 aromatic carbocycles. The molecule has 0 spiro atoms. The minimum absolute atomic E-state index is 0.207. The van der Waals surface area contributed by atoms with E-state index in [2.05, 4.69) is 15.9 Å². The fourth-order valence-electron chi connectivity index (χ4n) is 2.31. The zero-order valence-corrected chi connectivity index (χ0v) is 14.2. The third-order valence-corrected chi connectivity index (χ3v) is 4.98. The van der Waals surface area contributed by atoms with Crippen molar-refractivity contribution in [1.29, 1.82) is 0 Å². The summed E-state index contributed by atoms with van der Waals surface area (Å²) in [5.41, 5.74) is 0.552. The number of benzene rings is 1. The van der Waals surface area contributed by atoms with Gasteiger partial charge in [0, 0.05) is 15.2 Å². The van der Waals surface area contributed by atoms with Gasteiger partial charge in [0.2, 0.25) is 9.05 Å². The number of hydrogen-bond acceptors (Lipinski definition) is 4. The summed E-state index contributed by atoms with van der Waals surface area (Å²) in [5.74, 6) is 0.896. The van der Waals surface area contributed by atoms with E-state index in [9.17, 15) is 8.42 Å². The molecular weight excluding hydrogens is 368 g/mol. The van der Waals surface area contributed by atoms with Crippen LogP contribution in [0, 0.1) is 0 Å². The van der Waals surface area contributed by atoms with Gasteiger partial charge in [0.15, 0.2) is 11.5 Å². The maximum atomic E-state index is 11.2. The second-order valence-corrected chi connectivity index (χ2v) is 8.43. The van der Waals surface area contributed by atoms with Crippen LogP contribution in [0.15, 0.2) is 16.6 Å². The molecule has 0 aliphatic heterocycles. The van der Waals surface area contributed by atoms with Crippen LogP contribution in [0.3, 0.4) is 0 Å². The molecule has 0 radical (unpaired) electrons. The Labute approximate surface area is 132 Å². The molecule has 1 aliphatic carbocycles. The van der Waals surface area contributed by atoms with Crippen LogP contribution >= 0.6 is 26.6 Å². The van der Waals surface area contributed by atoms with Crippen molar-refractivity contribution in [3.63, 3.8) is 0 Å². The molecular formula is C13H16BrClO4S. The standard InChI is InChI=1S/C13H16BrClO4S/c1-18-12-6-9(8-20(15,16)17)11(14)7-13(12)19-10-4-2-3-5-10/h6-7,10H,2-5,8H2,1H3. The van der Waals surface area contributed by atoms with E-state index in [1.807, 2.05) is 0 Å². The molecule has 0 N–H and O–H groups in total. The lowest BCUT2D eigenvalue weighted by molar-refractivity contribution is 0.200. The van der Waals surface area contributed by atoms with E-state index in [0.29, 0.717) is 21.5 Å². The quantitative estimate of drug-likeness (QED) is 0.725. The summed E-state index contributed by atoms with van der Waals surface area (Å²) in [4.78, 5) is 0. The second-order valence-electron chi connectivity index (χ2n) is 4.80. The van der Waals surface area contributed by atoms with Crippen molar-refractivity contribution in [3.05, 3.63) is 22.2 Å². The van der Waals surface area contributed by atoms with Crippen molar-refractivity contribution in [2.45, 2.75) is 37.5 Å².